The molecule has 1 aromatic carbocycles. The summed E-state index contributed by atoms with van der Waals surface area (Å²) in [5, 5.41) is 0. The number of rotatable bonds is 4. The summed E-state index contributed by atoms with van der Waals surface area (Å²) in [5.41, 5.74) is 7.35. The average Bonchev–Trinajstić information content (AvgIpc) is 2.46. The van der Waals surface area contributed by atoms with E-state index in [0.717, 1.165) is 29.7 Å². The van der Waals surface area contributed by atoms with Gasteiger partial charge in [-0.1, -0.05) is 18.2 Å². The summed E-state index contributed by atoms with van der Waals surface area (Å²) >= 11 is 0. The highest BCUT2D eigenvalue weighted by atomic mass is 16.5. The molecule has 0 aliphatic carbocycles. The molecule has 2 rings (SSSR count). The first-order valence-corrected chi connectivity index (χ1v) is 7.25. The predicted octanol–water partition coefficient (Wildman–Crippen LogP) is 1.41. The first-order chi connectivity index (χ1) is 9.99. The van der Waals surface area contributed by atoms with E-state index in [4.69, 9.17) is 10.5 Å². The van der Waals surface area contributed by atoms with E-state index in [1.165, 1.54) is 0 Å². The second-order valence-electron chi connectivity index (χ2n) is 5.59. The number of amides is 2. The van der Waals surface area contributed by atoms with E-state index in [0.29, 0.717) is 13.1 Å². The Labute approximate surface area is 125 Å². The number of hydrogen-bond acceptors (Lipinski definition) is 3. The first kappa shape index (κ1) is 15.4. The van der Waals surface area contributed by atoms with E-state index in [1.807, 2.05) is 32.0 Å². The van der Waals surface area contributed by atoms with Crippen LogP contribution in [0.5, 0.6) is 5.75 Å². The molecule has 1 aliphatic heterocycles. The quantitative estimate of drug-likeness (QED) is 0.911. The minimum absolute atomic E-state index is 0.00280. The number of aryl methyl sites for hydroxylation is 2. The van der Waals surface area contributed by atoms with Crippen LogP contribution in [0.3, 0.4) is 0 Å². The molecule has 1 aliphatic rings. The maximum atomic E-state index is 12.2. The molecule has 114 valence electrons. The van der Waals surface area contributed by atoms with E-state index in [2.05, 4.69) is 0 Å². The molecule has 1 unspecified atom stereocenters. The lowest BCUT2D eigenvalue weighted by Crippen LogP contribution is -2.45. The van der Waals surface area contributed by atoms with Gasteiger partial charge in [-0.3, -0.25) is 9.59 Å². The van der Waals surface area contributed by atoms with Crippen molar-refractivity contribution < 1.29 is 14.3 Å². The van der Waals surface area contributed by atoms with Crippen molar-refractivity contribution in [1.82, 2.24) is 4.90 Å². The number of carbonyl (C=O) groups is 2. The Kier molecular flexibility index (Phi) is 4.83. The molecule has 2 amide bonds. The predicted molar refractivity (Wildman–Crippen MR) is 79.9 cm³/mol. The van der Waals surface area contributed by atoms with E-state index in [9.17, 15) is 9.59 Å². The Morgan fingerprint density at radius 1 is 1.33 bits per heavy atom. The summed E-state index contributed by atoms with van der Waals surface area (Å²) < 4.78 is 5.67. The minimum atomic E-state index is -0.330. The van der Waals surface area contributed by atoms with Gasteiger partial charge in [0.05, 0.1) is 5.92 Å². The number of nitrogens with two attached hydrogens (primary N) is 1. The highest BCUT2D eigenvalue weighted by Gasteiger charge is 2.27. The van der Waals surface area contributed by atoms with Crippen LogP contribution in [0.1, 0.15) is 24.0 Å². The third-order valence-corrected chi connectivity index (χ3v) is 3.93. The fraction of sp³-hybridized carbons (Fsp3) is 0.500. The van der Waals surface area contributed by atoms with Crippen LogP contribution in [0.25, 0.3) is 0 Å². The third kappa shape index (κ3) is 3.74. The number of ether oxygens (including phenoxy) is 1. The zero-order valence-corrected chi connectivity index (χ0v) is 12.6. The molecule has 0 aromatic heterocycles. The van der Waals surface area contributed by atoms with Crippen molar-refractivity contribution in [1.29, 1.82) is 0 Å². The maximum Gasteiger partial charge on any atom is 0.260 e. The van der Waals surface area contributed by atoms with Crippen LogP contribution >= 0.6 is 0 Å². The Morgan fingerprint density at radius 3 is 2.62 bits per heavy atom. The second-order valence-corrected chi connectivity index (χ2v) is 5.59. The van der Waals surface area contributed by atoms with E-state index in [1.54, 1.807) is 4.90 Å². The van der Waals surface area contributed by atoms with Gasteiger partial charge in [0.1, 0.15) is 5.75 Å². The highest BCUT2D eigenvalue weighted by molar-refractivity contribution is 5.81. The van der Waals surface area contributed by atoms with Crippen LogP contribution in [0.4, 0.5) is 0 Å². The van der Waals surface area contributed by atoms with Gasteiger partial charge in [0.15, 0.2) is 6.61 Å². The lowest BCUT2D eigenvalue weighted by molar-refractivity contribution is -0.136. The van der Waals surface area contributed by atoms with Crippen molar-refractivity contribution >= 4 is 11.8 Å². The molecule has 0 radical (unpaired) electrons. The topological polar surface area (TPSA) is 72.6 Å². The normalized spacial score (nSPS) is 18.4. The molecule has 0 saturated carbocycles. The van der Waals surface area contributed by atoms with Crippen molar-refractivity contribution in [3.05, 3.63) is 29.3 Å². The van der Waals surface area contributed by atoms with Crippen LogP contribution in [0, 0.1) is 19.8 Å². The molecule has 5 heteroatoms. The molecule has 0 bridgehead atoms. The molecular formula is C16H22N2O3. The fourth-order valence-corrected chi connectivity index (χ4v) is 2.69. The number of carbonyl (C=O) groups excluding carboxylic acids is 2. The molecule has 2 N–H and O–H groups in total. The Morgan fingerprint density at radius 2 is 2.00 bits per heavy atom. The lowest BCUT2D eigenvalue weighted by Gasteiger charge is -2.31. The summed E-state index contributed by atoms with van der Waals surface area (Å²) in [4.78, 5) is 25.1. The summed E-state index contributed by atoms with van der Waals surface area (Å²) in [6.07, 6.45) is 1.57. The van der Waals surface area contributed by atoms with Gasteiger partial charge in [-0.05, 0) is 37.8 Å². The van der Waals surface area contributed by atoms with Gasteiger partial charge in [0.2, 0.25) is 5.91 Å². The zero-order valence-electron chi connectivity index (χ0n) is 12.6. The van der Waals surface area contributed by atoms with E-state index < -0.39 is 0 Å². The summed E-state index contributed by atoms with van der Waals surface area (Å²) in [6, 6.07) is 5.87. The Bertz CT molecular complexity index is 522. The van der Waals surface area contributed by atoms with Gasteiger partial charge in [0, 0.05) is 13.1 Å². The van der Waals surface area contributed by atoms with Gasteiger partial charge < -0.3 is 15.4 Å². The summed E-state index contributed by atoms with van der Waals surface area (Å²) in [5.74, 6) is 0.101. The van der Waals surface area contributed by atoms with Crippen LogP contribution in [-0.2, 0) is 9.59 Å². The highest BCUT2D eigenvalue weighted by Crippen LogP contribution is 2.22. The first-order valence-electron chi connectivity index (χ1n) is 7.25. The van der Waals surface area contributed by atoms with Gasteiger partial charge >= 0.3 is 0 Å². The molecule has 1 fully saturated rings. The zero-order chi connectivity index (χ0) is 15.4. The minimum Gasteiger partial charge on any atom is -0.483 e. The smallest absolute Gasteiger partial charge is 0.260 e. The fourth-order valence-electron chi connectivity index (χ4n) is 2.69. The second kappa shape index (κ2) is 6.61. The largest absolute Gasteiger partial charge is 0.483 e. The summed E-state index contributed by atoms with van der Waals surface area (Å²) in [7, 11) is 0. The maximum absolute atomic E-state index is 12.2. The Balaban J connectivity index is 1.94. The number of benzene rings is 1. The number of nitrogens with zero attached hydrogens (tertiary/aromatic N) is 1. The SMILES string of the molecule is Cc1cccc(C)c1OCC(=O)N1CCCC(C(N)=O)C1. The van der Waals surface area contributed by atoms with Gasteiger partial charge in [-0.2, -0.15) is 0 Å². The van der Waals surface area contributed by atoms with Crippen molar-refractivity contribution in [3.63, 3.8) is 0 Å². The molecule has 1 atom stereocenters. The van der Waals surface area contributed by atoms with Crippen LogP contribution in [0.2, 0.25) is 0 Å². The number of para-hydroxylation sites is 1. The standard InChI is InChI=1S/C16H22N2O3/c1-11-5-3-6-12(2)15(11)21-10-14(19)18-8-4-7-13(9-18)16(17)20/h3,5-6,13H,4,7-10H2,1-2H3,(H2,17,20). The van der Waals surface area contributed by atoms with E-state index >= 15 is 0 Å². The van der Waals surface area contributed by atoms with Gasteiger partial charge in [-0.15, -0.1) is 0 Å². The number of primary amides is 1. The molecule has 1 heterocycles. The van der Waals surface area contributed by atoms with Crippen LogP contribution in [0.15, 0.2) is 18.2 Å². The Hall–Kier alpha value is -2.04. The lowest BCUT2D eigenvalue weighted by atomic mass is 9.97. The molecular weight excluding hydrogens is 268 g/mol. The van der Waals surface area contributed by atoms with E-state index in [-0.39, 0.29) is 24.3 Å². The molecule has 0 spiro atoms. The number of likely N-dealkylation sites (tertiary alicyclic amines) is 1. The molecule has 21 heavy (non-hydrogen) atoms. The van der Waals surface area contributed by atoms with Crippen LogP contribution in [-0.4, -0.2) is 36.4 Å². The van der Waals surface area contributed by atoms with Crippen LogP contribution < -0.4 is 10.5 Å². The van der Waals surface area contributed by atoms with Gasteiger partial charge in [0.25, 0.3) is 5.91 Å². The van der Waals surface area contributed by atoms with Crippen molar-refractivity contribution in [2.75, 3.05) is 19.7 Å². The molecule has 1 saturated heterocycles. The molecule has 1 aromatic rings. The van der Waals surface area contributed by atoms with Gasteiger partial charge in [-0.25, -0.2) is 0 Å². The third-order valence-electron chi connectivity index (χ3n) is 3.93. The van der Waals surface area contributed by atoms with Crippen molar-refractivity contribution in [3.8, 4) is 5.75 Å². The number of piperidine rings is 1. The monoisotopic (exact) mass is 290 g/mol. The molecule has 5 nitrogen and oxygen atoms in total. The summed E-state index contributed by atoms with van der Waals surface area (Å²) in [6.45, 7) is 4.98. The van der Waals surface area contributed by atoms with Crippen molar-refractivity contribution in [2.24, 2.45) is 11.7 Å². The van der Waals surface area contributed by atoms with Crippen molar-refractivity contribution in [2.45, 2.75) is 26.7 Å². The number of hydrogen-bond donors (Lipinski definition) is 1. The average molecular weight is 290 g/mol.